The summed E-state index contributed by atoms with van der Waals surface area (Å²) in [5, 5.41) is 14.9. The number of ether oxygens (including phenoxy) is 1. The maximum absolute atomic E-state index is 11.6. The van der Waals surface area contributed by atoms with Gasteiger partial charge in [-0.15, -0.1) is 0 Å². The molecule has 23 heavy (non-hydrogen) atoms. The summed E-state index contributed by atoms with van der Waals surface area (Å²) in [6, 6.07) is 1.66. The number of hydrogen-bond acceptors (Lipinski definition) is 6. The summed E-state index contributed by atoms with van der Waals surface area (Å²) in [4.78, 5) is 25.5. The number of aliphatic hydroxyl groups is 1. The van der Waals surface area contributed by atoms with Crippen LogP contribution in [-0.4, -0.2) is 67.8 Å². The average Bonchev–Trinajstić information content (AvgIpc) is 3.10. The first kappa shape index (κ1) is 17.5. The van der Waals surface area contributed by atoms with Gasteiger partial charge in [0.2, 0.25) is 0 Å². The molecule has 2 heterocycles. The summed E-state index contributed by atoms with van der Waals surface area (Å²) < 4.78 is 10.1. The molecule has 8 nitrogen and oxygen atoms in total. The molecular formula is C15H23N3O5. The molecule has 1 aromatic heterocycles. The van der Waals surface area contributed by atoms with Crippen LogP contribution < -0.4 is 10.6 Å². The molecule has 0 bridgehead atoms. The molecule has 2 rings (SSSR count). The average molecular weight is 325 g/mol. The first-order chi connectivity index (χ1) is 11.2. The van der Waals surface area contributed by atoms with Crippen LogP contribution in [0, 0.1) is 0 Å². The highest BCUT2D eigenvalue weighted by Gasteiger charge is 2.15. The van der Waals surface area contributed by atoms with E-state index in [1.165, 1.54) is 12.5 Å². The molecule has 1 fully saturated rings. The molecule has 8 heteroatoms. The van der Waals surface area contributed by atoms with Gasteiger partial charge in [0.05, 0.1) is 31.8 Å². The van der Waals surface area contributed by atoms with Crippen molar-refractivity contribution in [1.29, 1.82) is 0 Å². The zero-order chi connectivity index (χ0) is 16.5. The van der Waals surface area contributed by atoms with Crippen LogP contribution >= 0.6 is 0 Å². The fraction of sp³-hybridized carbons (Fsp3) is 0.600. The quantitative estimate of drug-likeness (QED) is 0.571. The minimum Gasteiger partial charge on any atom is -0.472 e. The van der Waals surface area contributed by atoms with Crippen molar-refractivity contribution < 1.29 is 23.8 Å². The second kappa shape index (κ2) is 9.29. The van der Waals surface area contributed by atoms with Crippen LogP contribution in [0.4, 0.5) is 0 Å². The standard InChI is InChI=1S/C15H23N3O5/c19-13(12-2-8-23-11-12)1-3-16-14(20)15(21)17-4-5-18-6-9-22-10-7-18/h2,8,11,13,19H,1,3-7,9-10H2,(H,16,20)(H,17,21). The molecule has 0 aliphatic carbocycles. The number of furan rings is 1. The lowest BCUT2D eigenvalue weighted by Gasteiger charge is -2.26. The highest BCUT2D eigenvalue weighted by atomic mass is 16.5. The normalized spacial score (nSPS) is 16.7. The highest BCUT2D eigenvalue weighted by Crippen LogP contribution is 2.15. The lowest BCUT2D eigenvalue weighted by Crippen LogP contribution is -2.45. The molecule has 0 saturated carbocycles. The topological polar surface area (TPSA) is 104 Å². The Bertz CT molecular complexity index is 485. The van der Waals surface area contributed by atoms with Crippen molar-refractivity contribution in [2.45, 2.75) is 12.5 Å². The molecule has 2 amide bonds. The molecular weight excluding hydrogens is 302 g/mol. The third kappa shape index (κ3) is 6.01. The number of nitrogens with zero attached hydrogens (tertiary/aromatic N) is 1. The predicted octanol–water partition coefficient (Wildman–Crippen LogP) is -0.732. The maximum Gasteiger partial charge on any atom is 0.309 e. The molecule has 1 unspecified atom stereocenters. The highest BCUT2D eigenvalue weighted by molar-refractivity contribution is 6.35. The SMILES string of the molecule is O=C(NCCC(O)c1ccoc1)C(=O)NCCN1CCOCC1. The Morgan fingerprint density at radius 2 is 1.91 bits per heavy atom. The van der Waals surface area contributed by atoms with Crippen LogP contribution in [0.2, 0.25) is 0 Å². The van der Waals surface area contributed by atoms with Crippen molar-refractivity contribution in [2.24, 2.45) is 0 Å². The number of nitrogens with one attached hydrogen (secondary N) is 2. The van der Waals surface area contributed by atoms with Gasteiger partial charge in [0.15, 0.2) is 0 Å². The van der Waals surface area contributed by atoms with E-state index in [0.717, 1.165) is 13.1 Å². The first-order valence-corrected chi connectivity index (χ1v) is 7.73. The van der Waals surface area contributed by atoms with Crippen LogP contribution in [0.15, 0.2) is 23.0 Å². The summed E-state index contributed by atoms with van der Waals surface area (Å²) in [6.07, 6.45) is 2.51. The third-order valence-electron chi connectivity index (χ3n) is 3.65. The van der Waals surface area contributed by atoms with Gasteiger partial charge in [-0.3, -0.25) is 14.5 Å². The van der Waals surface area contributed by atoms with Gasteiger partial charge in [0.25, 0.3) is 0 Å². The van der Waals surface area contributed by atoms with Crippen LogP contribution in [0.25, 0.3) is 0 Å². The van der Waals surface area contributed by atoms with Gasteiger partial charge in [-0.25, -0.2) is 0 Å². The number of rotatable bonds is 7. The molecule has 0 radical (unpaired) electrons. The number of aliphatic hydroxyl groups excluding tert-OH is 1. The lowest BCUT2D eigenvalue weighted by molar-refractivity contribution is -0.139. The van der Waals surface area contributed by atoms with E-state index < -0.39 is 17.9 Å². The smallest absolute Gasteiger partial charge is 0.309 e. The van der Waals surface area contributed by atoms with Gasteiger partial charge in [0.1, 0.15) is 0 Å². The number of amides is 2. The second-order valence-electron chi connectivity index (χ2n) is 5.33. The lowest BCUT2D eigenvalue weighted by atomic mass is 10.1. The monoisotopic (exact) mass is 325 g/mol. The van der Waals surface area contributed by atoms with E-state index in [4.69, 9.17) is 9.15 Å². The molecule has 128 valence electrons. The Balaban J connectivity index is 1.56. The summed E-state index contributed by atoms with van der Waals surface area (Å²) in [6.45, 7) is 4.41. The minimum absolute atomic E-state index is 0.210. The Kier molecular flexibility index (Phi) is 7.05. The van der Waals surface area contributed by atoms with E-state index in [1.807, 2.05) is 0 Å². The molecule has 1 aliphatic rings. The number of carbonyl (C=O) groups is 2. The van der Waals surface area contributed by atoms with Crippen molar-refractivity contribution in [2.75, 3.05) is 45.9 Å². The van der Waals surface area contributed by atoms with Gasteiger partial charge in [0, 0.05) is 38.3 Å². The molecule has 1 aromatic rings. The Morgan fingerprint density at radius 3 is 2.57 bits per heavy atom. The number of morpholine rings is 1. The summed E-state index contributed by atoms with van der Waals surface area (Å²) >= 11 is 0. The van der Waals surface area contributed by atoms with Crippen LogP contribution in [0.3, 0.4) is 0 Å². The van der Waals surface area contributed by atoms with Gasteiger partial charge in [-0.2, -0.15) is 0 Å². The molecule has 0 spiro atoms. The zero-order valence-corrected chi connectivity index (χ0v) is 13.0. The Labute approximate surface area is 134 Å². The third-order valence-corrected chi connectivity index (χ3v) is 3.65. The minimum atomic E-state index is -0.724. The molecule has 0 aromatic carbocycles. The molecule has 1 saturated heterocycles. The first-order valence-electron chi connectivity index (χ1n) is 7.73. The molecule has 1 atom stereocenters. The van der Waals surface area contributed by atoms with Crippen molar-refractivity contribution >= 4 is 11.8 Å². The number of hydrogen-bond donors (Lipinski definition) is 3. The van der Waals surface area contributed by atoms with Crippen LogP contribution in [-0.2, 0) is 14.3 Å². The Hall–Kier alpha value is -1.90. The van der Waals surface area contributed by atoms with Crippen LogP contribution in [0.5, 0.6) is 0 Å². The summed E-state index contributed by atoms with van der Waals surface area (Å²) in [5.41, 5.74) is 0.647. The van der Waals surface area contributed by atoms with E-state index in [9.17, 15) is 14.7 Å². The molecule has 3 N–H and O–H groups in total. The van der Waals surface area contributed by atoms with Gasteiger partial charge in [-0.05, 0) is 12.5 Å². The van der Waals surface area contributed by atoms with E-state index in [-0.39, 0.29) is 6.54 Å². The van der Waals surface area contributed by atoms with Gasteiger partial charge >= 0.3 is 11.8 Å². The largest absolute Gasteiger partial charge is 0.472 e. The van der Waals surface area contributed by atoms with Crippen molar-refractivity contribution in [3.63, 3.8) is 0 Å². The van der Waals surface area contributed by atoms with Crippen molar-refractivity contribution in [3.05, 3.63) is 24.2 Å². The van der Waals surface area contributed by atoms with E-state index in [2.05, 4.69) is 15.5 Å². The summed E-state index contributed by atoms with van der Waals surface area (Å²) in [5.74, 6) is -1.34. The zero-order valence-electron chi connectivity index (χ0n) is 13.0. The summed E-state index contributed by atoms with van der Waals surface area (Å²) in [7, 11) is 0. The predicted molar refractivity (Wildman–Crippen MR) is 81.6 cm³/mol. The number of carbonyl (C=O) groups excluding carboxylic acids is 2. The molecule has 1 aliphatic heterocycles. The maximum atomic E-state index is 11.6. The second-order valence-corrected chi connectivity index (χ2v) is 5.33. The van der Waals surface area contributed by atoms with Gasteiger partial charge in [-0.1, -0.05) is 0 Å². The van der Waals surface area contributed by atoms with E-state index in [0.29, 0.717) is 38.3 Å². The van der Waals surface area contributed by atoms with Crippen molar-refractivity contribution in [1.82, 2.24) is 15.5 Å². The Morgan fingerprint density at radius 1 is 1.22 bits per heavy atom. The van der Waals surface area contributed by atoms with E-state index in [1.54, 1.807) is 6.07 Å². The van der Waals surface area contributed by atoms with Crippen molar-refractivity contribution in [3.8, 4) is 0 Å². The van der Waals surface area contributed by atoms with Gasteiger partial charge < -0.3 is 24.9 Å². The van der Waals surface area contributed by atoms with Crippen LogP contribution in [0.1, 0.15) is 18.1 Å². The van der Waals surface area contributed by atoms with E-state index >= 15 is 0 Å². The fourth-order valence-electron chi connectivity index (χ4n) is 2.27. The fourth-order valence-corrected chi connectivity index (χ4v) is 2.27.